The Hall–Kier alpha value is -0.933. The summed E-state index contributed by atoms with van der Waals surface area (Å²) < 4.78 is 19.6. The highest BCUT2D eigenvalue weighted by Crippen LogP contribution is 2.69. The van der Waals surface area contributed by atoms with E-state index in [1.54, 1.807) is 0 Å². The minimum atomic E-state index is -1.81. The number of nitrogens with zero attached hydrogens (tertiary/aromatic N) is 1. The van der Waals surface area contributed by atoms with Crippen LogP contribution in [0, 0.1) is 34.0 Å². The van der Waals surface area contributed by atoms with Crippen LogP contribution in [0.5, 0.6) is 0 Å². The van der Waals surface area contributed by atoms with Gasteiger partial charge in [-0.1, -0.05) is 30.7 Å². The van der Waals surface area contributed by atoms with Crippen molar-refractivity contribution in [3.63, 3.8) is 0 Å². The van der Waals surface area contributed by atoms with Crippen LogP contribution in [0.4, 0.5) is 0 Å². The minimum Gasteiger partial charge on any atom is -0.411 e. The molecule has 0 aromatic carbocycles. The molecule has 5 rings (SSSR count). The van der Waals surface area contributed by atoms with Gasteiger partial charge in [0.05, 0.1) is 35.2 Å². The van der Waals surface area contributed by atoms with Crippen LogP contribution in [0.25, 0.3) is 0 Å². The molecule has 5 aliphatic rings. The first-order chi connectivity index (χ1) is 13.7. The Kier molecular flexibility index (Phi) is 4.34. The number of rotatable bonds is 2. The lowest BCUT2D eigenvalue weighted by Gasteiger charge is -2.65. The first kappa shape index (κ1) is 20.0. The Labute approximate surface area is 176 Å². The molecule has 0 amide bonds. The third kappa shape index (κ3) is 2.46. The normalized spacial score (nSPS) is 48.6. The molecule has 0 bridgehead atoms. The van der Waals surface area contributed by atoms with Crippen molar-refractivity contribution < 1.29 is 13.9 Å². The molecule has 2 saturated carbocycles. The number of nitriles is 1. The molecule has 0 spiro atoms. The summed E-state index contributed by atoms with van der Waals surface area (Å²) in [6.07, 6.45) is 14.4. The molecule has 0 N–H and O–H groups in total. The van der Waals surface area contributed by atoms with E-state index in [-0.39, 0.29) is 27.9 Å². The topological polar surface area (TPSA) is 51.5 Å². The third-order valence-corrected chi connectivity index (χ3v) is 9.88. The predicted molar refractivity (Wildman–Crippen MR) is 114 cm³/mol. The molecule has 5 heteroatoms. The smallest absolute Gasteiger partial charge is 0.184 e. The summed E-state index contributed by atoms with van der Waals surface area (Å²) in [6.45, 7) is 10.4. The Balaban J connectivity index is 1.68. The van der Waals surface area contributed by atoms with Crippen molar-refractivity contribution >= 4 is 8.32 Å². The van der Waals surface area contributed by atoms with Crippen LogP contribution in [0.1, 0.15) is 51.9 Å². The van der Waals surface area contributed by atoms with Gasteiger partial charge in [0.2, 0.25) is 0 Å². The summed E-state index contributed by atoms with van der Waals surface area (Å²) in [6, 6.07) is 2.66. The molecule has 3 fully saturated rings. The van der Waals surface area contributed by atoms with E-state index in [2.05, 4.69) is 50.9 Å². The summed E-state index contributed by atoms with van der Waals surface area (Å²) >= 11 is 0. The van der Waals surface area contributed by atoms with E-state index in [1.807, 2.05) is 0 Å². The maximum Gasteiger partial charge on any atom is 0.184 e. The molecule has 6 atom stereocenters. The molecule has 4 nitrogen and oxygen atoms in total. The molecule has 158 valence electrons. The van der Waals surface area contributed by atoms with Crippen LogP contribution in [0.3, 0.4) is 0 Å². The molecular weight excluding hydrogens is 378 g/mol. The van der Waals surface area contributed by atoms with Crippen molar-refractivity contribution in [2.75, 3.05) is 13.4 Å². The summed E-state index contributed by atoms with van der Waals surface area (Å²) in [7, 11) is -1.81. The molecule has 0 aromatic heterocycles. The van der Waals surface area contributed by atoms with Crippen LogP contribution in [-0.2, 0) is 13.9 Å². The van der Waals surface area contributed by atoms with Crippen LogP contribution < -0.4 is 0 Å². The molecule has 1 heterocycles. The first-order valence-electron chi connectivity index (χ1n) is 11.4. The lowest BCUT2D eigenvalue weighted by atomic mass is 9.46. The maximum absolute atomic E-state index is 9.99. The van der Waals surface area contributed by atoms with Crippen LogP contribution >= 0.6 is 0 Å². The Morgan fingerprint density at radius 3 is 2.79 bits per heavy atom. The Bertz CT molecular complexity index is 810. The SMILES string of the molecule is C[C@]12CC=C3[C@@H](CC[C@]45CCC=C[C@]34COCO5)[C@@]1(O[Si](C)(C)C)CC[C@@H]2C#N. The molecule has 0 unspecified atom stereocenters. The molecular formula is C24H35NO3Si. The van der Waals surface area contributed by atoms with Gasteiger partial charge >= 0.3 is 0 Å². The van der Waals surface area contributed by atoms with Gasteiger partial charge in [0.15, 0.2) is 8.32 Å². The van der Waals surface area contributed by atoms with Gasteiger partial charge in [0.1, 0.15) is 6.79 Å². The van der Waals surface area contributed by atoms with Gasteiger partial charge in [0, 0.05) is 11.3 Å². The van der Waals surface area contributed by atoms with Crippen molar-refractivity contribution in [2.24, 2.45) is 22.7 Å². The predicted octanol–water partition coefficient (Wildman–Crippen LogP) is 5.34. The minimum absolute atomic E-state index is 0.0709. The fourth-order valence-electron chi connectivity index (χ4n) is 7.69. The first-order valence-corrected chi connectivity index (χ1v) is 14.8. The highest BCUT2D eigenvalue weighted by atomic mass is 28.4. The van der Waals surface area contributed by atoms with Gasteiger partial charge in [-0.05, 0) is 64.6 Å². The van der Waals surface area contributed by atoms with Gasteiger partial charge < -0.3 is 13.9 Å². The number of hydrogen-bond donors (Lipinski definition) is 0. The van der Waals surface area contributed by atoms with Crippen LogP contribution in [0.2, 0.25) is 19.6 Å². The highest BCUT2D eigenvalue weighted by Gasteiger charge is 2.70. The lowest BCUT2D eigenvalue weighted by Crippen LogP contribution is -2.67. The van der Waals surface area contributed by atoms with Crippen molar-refractivity contribution in [3.05, 3.63) is 23.8 Å². The van der Waals surface area contributed by atoms with Crippen LogP contribution in [0.15, 0.2) is 23.8 Å². The van der Waals surface area contributed by atoms with Gasteiger partial charge in [-0.15, -0.1) is 0 Å². The molecule has 1 aliphatic heterocycles. The number of allylic oxidation sites excluding steroid dienone is 2. The fraction of sp³-hybridized carbons (Fsp3) is 0.792. The van der Waals surface area contributed by atoms with Crippen LogP contribution in [-0.4, -0.2) is 32.9 Å². The van der Waals surface area contributed by atoms with Gasteiger partial charge in [-0.25, -0.2) is 0 Å². The second-order valence-electron chi connectivity index (χ2n) is 11.2. The third-order valence-electron chi connectivity index (χ3n) is 8.90. The molecule has 1 saturated heterocycles. The number of fused-ring (bicyclic) bond motifs is 3. The van der Waals surface area contributed by atoms with Gasteiger partial charge in [-0.2, -0.15) is 5.26 Å². The fourth-order valence-corrected chi connectivity index (χ4v) is 9.26. The Morgan fingerprint density at radius 1 is 1.21 bits per heavy atom. The van der Waals surface area contributed by atoms with E-state index in [9.17, 15) is 5.26 Å². The second kappa shape index (κ2) is 6.29. The molecule has 0 radical (unpaired) electrons. The quantitative estimate of drug-likeness (QED) is 0.453. The van der Waals surface area contributed by atoms with Gasteiger partial charge in [0.25, 0.3) is 0 Å². The average Bonchev–Trinajstić information content (AvgIpc) is 2.97. The van der Waals surface area contributed by atoms with Crippen molar-refractivity contribution in [2.45, 2.75) is 82.7 Å². The average molecular weight is 414 g/mol. The number of hydrogen-bond acceptors (Lipinski definition) is 4. The lowest BCUT2D eigenvalue weighted by molar-refractivity contribution is -0.265. The van der Waals surface area contributed by atoms with Gasteiger partial charge in [-0.3, -0.25) is 0 Å². The summed E-state index contributed by atoms with van der Waals surface area (Å²) in [5.74, 6) is 0.425. The maximum atomic E-state index is 9.99. The Morgan fingerprint density at radius 2 is 2.03 bits per heavy atom. The standard InChI is InChI=1S/C24H35NO3Si/c1-21-12-8-19-20(24(21,28-29(2,3)4)14-7-18(21)15-25)9-13-23-11-6-5-10-22(19,23)16-26-17-27-23/h5,8,10,18,20H,6-7,9,11-14,16-17H2,1-4H3/t18-,20-,21-,22+,23-,24+/m1/s1. The van der Waals surface area contributed by atoms with E-state index in [0.29, 0.717) is 19.3 Å². The summed E-state index contributed by atoms with van der Waals surface area (Å²) in [5, 5.41) is 9.99. The highest BCUT2D eigenvalue weighted by molar-refractivity contribution is 6.69. The monoisotopic (exact) mass is 413 g/mol. The van der Waals surface area contributed by atoms with Crippen molar-refractivity contribution in [1.29, 1.82) is 5.26 Å². The zero-order chi connectivity index (χ0) is 20.5. The van der Waals surface area contributed by atoms with E-state index >= 15 is 0 Å². The van der Waals surface area contributed by atoms with Crippen molar-refractivity contribution in [3.8, 4) is 6.07 Å². The molecule has 29 heavy (non-hydrogen) atoms. The van der Waals surface area contributed by atoms with Crippen molar-refractivity contribution in [1.82, 2.24) is 0 Å². The van der Waals surface area contributed by atoms with E-state index in [1.165, 1.54) is 5.57 Å². The van der Waals surface area contributed by atoms with E-state index in [0.717, 1.165) is 44.9 Å². The largest absolute Gasteiger partial charge is 0.411 e. The number of ether oxygens (including phenoxy) is 2. The van der Waals surface area contributed by atoms with E-state index in [4.69, 9.17) is 13.9 Å². The van der Waals surface area contributed by atoms with E-state index < -0.39 is 8.32 Å². The second-order valence-corrected chi connectivity index (χ2v) is 15.6. The molecule has 4 aliphatic carbocycles. The zero-order valence-electron chi connectivity index (χ0n) is 18.4. The molecule has 0 aromatic rings. The summed E-state index contributed by atoms with van der Waals surface area (Å²) in [5.41, 5.74) is 0.874. The zero-order valence-corrected chi connectivity index (χ0v) is 19.4. The summed E-state index contributed by atoms with van der Waals surface area (Å²) in [4.78, 5) is 0.